The highest BCUT2D eigenvalue weighted by Gasteiger charge is 2.23. The summed E-state index contributed by atoms with van der Waals surface area (Å²) in [6, 6.07) is 14.2. The van der Waals surface area contributed by atoms with Crippen molar-refractivity contribution in [1.82, 2.24) is 4.90 Å². The van der Waals surface area contributed by atoms with Gasteiger partial charge in [0.25, 0.3) is 5.91 Å². The van der Waals surface area contributed by atoms with Crippen molar-refractivity contribution in [2.24, 2.45) is 0 Å². The van der Waals surface area contributed by atoms with Gasteiger partial charge in [-0.05, 0) is 60.1 Å². The maximum absolute atomic E-state index is 12.7. The molecule has 130 valence electrons. The minimum absolute atomic E-state index is 0.0736. The van der Waals surface area contributed by atoms with E-state index in [4.69, 9.17) is 11.6 Å². The first kappa shape index (κ1) is 16.7. The van der Waals surface area contributed by atoms with E-state index < -0.39 is 0 Å². The second kappa shape index (κ2) is 7.21. The summed E-state index contributed by atoms with van der Waals surface area (Å²) >= 11 is 6.03. The predicted octanol–water partition coefficient (Wildman–Crippen LogP) is 5.59. The first-order valence-electron chi connectivity index (χ1n) is 9.37. The van der Waals surface area contributed by atoms with E-state index in [0.717, 1.165) is 18.9 Å². The molecular formula is C22H24ClNO. The summed E-state index contributed by atoms with van der Waals surface area (Å²) in [5.74, 6) is 0.815. The van der Waals surface area contributed by atoms with E-state index in [-0.39, 0.29) is 5.91 Å². The van der Waals surface area contributed by atoms with Gasteiger partial charge in [0, 0.05) is 23.7 Å². The summed E-state index contributed by atoms with van der Waals surface area (Å²) in [5.41, 5.74) is 4.90. The van der Waals surface area contributed by atoms with Crippen molar-refractivity contribution >= 4 is 17.5 Å². The van der Waals surface area contributed by atoms with Gasteiger partial charge in [-0.1, -0.05) is 55.1 Å². The summed E-state index contributed by atoms with van der Waals surface area (Å²) in [5, 5.41) is 0.611. The molecule has 1 amide bonds. The molecule has 0 radical (unpaired) electrons. The first-order chi connectivity index (χ1) is 12.2. The molecule has 3 heteroatoms. The zero-order chi connectivity index (χ0) is 17.2. The Labute approximate surface area is 154 Å². The lowest BCUT2D eigenvalue weighted by molar-refractivity contribution is 0.0734. The Morgan fingerprint density at radius 2 is 1.84 bits per heavy atom. The van der Waals surface area contributed by atoms with E-state index in [1.54, 1.807) is 12.1 Å². The maximum Gasteiger partial charge on any atom is 0.254 e. The molecule has 1 aliphatic carbocycles. The molecule has 4 rings (SSSR count). The van der Waals surface area contributed by atoms with Crippen molar-refractivity contribution in [3.05, 3.63) is 69.7 Å². The Morgan fingerprint density at radius 1 is 1.00 bits per heavy atom. The number of fused-ring (bicyclic) bond motifs is 1. The van der Waals surface area contributed by atoms with Crippen LogP contribution in [0.2, 0.25) is 5.02 Å². The molecule has 1 aliphatic heterocycles. The lowest BCUT2D eigenvalue weighted by atomic mass is 9.82. The Bertz CT molecular complexity index is 779. The Hall–Kier alpha value is -1.80. The van der Waals surface area contributed by atoms with Crippen LogP contribution in [-0.4, -0.2) is 17.4 Å². The van der Waals surface area contributed by atoms with Gasteiger partial charge in [-0.3, -0.25) is 4.79 Å². The fourth-order valence-electron chi connectivity index (χ4n) is 4.24. The molecule has 2 nitrogen and oxygen atoms in total. The molecule has 0 unspecified atom stereocenters. The van der Waals surface area contributed by atoms with Crippen LogP contribution in [0.1, 0.15) is 65.1 Å². The summed E-state index contributed by atoms with van der Waals surface area (Å²) < 4.78 is 0. The van der Waals surface area contributed by atoms with Gasteiger partial charge in [-0.2, -0.15) is 0 Å². The second-order valence-electron chi connectivity index (χ2n) is 7.35. The fourth-order valence-corrected chi connectivity index (χ4v) is 4.43. The van der Waals surface area contributed by atoms with Crippen molar-refractivity contribution in [3.63, 3.8) is 0 Å². The monoisotopic (exact) mass is 353 g/mol. The van der Waals surface area contributed by atoms with Crippen LogP contribution in [0.3, 0.4) is 0 Å². The van der Waals surface area contributed by atoms with Crippen LogP contribution < -0.4 is 0 Å². The molecule has 0 spiro atoms. The lowest BCUT2D eigenvalue weighted by Gasteiger charge is -2.30. The van der Waals surface area contributed by atoms with Crippen LogP contribution in [0.25, 0.3) is 0 Å². The highest BCUT2D eigenvalue weighted by Crippen LogP contribution is 2.34. The topological polar surface area (TPSA) is 20.3 Å². The van der Waals surface area contributed by atoms with E-state index >= 15 is 0 Å². The van der Waals surface area contributed by atoms with Gasteiger partial charge in [0.15, 0.2) is 0 Å². The molecule has 0 saturated heterocycles. The van der Waals surface area contributed by atoms with E-state index in [1.165, 1.54) is 48.8 Å². The minimum atomic E-state index is 0.0736. The van der Waals surface area contributed by atoms with E-state index in [2.05, 4.69) is 18.2 Å². The Balaban J connectivity index is 1.50. The van der Waals surface area contributed by atoms with Crippen molar-refractivity contribution in [2.75, 3.05) is 6.54 Å². The zero-order valence-corrected chi connectivity index (χ0v) is 15.3. The van der Waals surface area contributed by atoms with Crippen molar-refractivity contribution in [1.29, 1.82) is 0 Å². The summed E-state index contributed by atoms with van der Waals surface area (Å²) in [4.78, 5) is 14.7. The number of nitrogens with zero attached hydrogens (tertiary/aromatic N) is 1. The van der Waals surface area contributed by atoms with Crippen molar-refractivity contribution in [3.8, 4) is 0 Å². The molecule has 2 aromatic rings. The number of benzene rings is 2. The minimum Gasteiger partial charge on any atom is -0.334 e. The molecule has 1 heterocycles. The molecule has 25 heavy (non-hydrogen) atoms. The molecule has 2 aliphatic rings. The molecule has 2 aromatic carbocycles. The summed E-state index contributed by atoms with van der Waals surface area (Å²) in [6.45, 7) is 1.48. The van der Waals surface area contributed by atoms with Gasteiger partial charge in [-0.15, -0.1) is 0 Å². The van der Waals surface area contributed by atoms with Crippen LogP contribution >= 0.6 is 11.6 Å². The fraction of sp³-hybridized carbons (Fsp3) is 0.409. The summed E-state index contributed by atoms with van der Waals surface area (Å²) in [7, 11) is 0. The Morgan fingerprint density at radius 3 is 2.64 bits per heavy atom. The van der Waals surface area contributed by atoms with Gasteiger partial charge < -0.3 is 4.90 Å². The third-order valence-corrected chi connectivity index (χ3v) is 5.91. The second-order valence-corrected chi connectivity index (χ2v) is 7.79. The number of halogens is 1. The lowest BCUT2D eigenvalue weighted by Crippen LogP contribution is -2.36. The van der Waals surface area contributed by atoms with Crippen LogP contribution in [0.4, 0.5) is 0 Å². The quantitative estimate of drug-likeness (QED) is 0.689. The van der Waals surface area contributed by atoms with E-state index in [9.17, 15) is 4.79 Å². The highest BCUT2D eigenvalue weighted by atomic mass is 35.5. The van der Waals surface area contributed by atoms with E-state index in [0.29, 0.717) is 17.1 Å². The van der Waals surface area contributed by atoms with Crippen molar-refractivity contribution < 1.29 is 4.79 Å². The average molecular weight is 354 g/mol. The molecule has 1 saturated carbocycles. The number of amides is 1. The normalized spacial score (nSPS) is 18.0. The summed E-state index contributed by atoms with van der Waals surface area (Å²) in [6.07, 6.45) is 7.73. The molecule has 0 atom stereocenters. The van der Waals surface area contributed by atoms with Crippen LogP contribution in [-0.2, 0) is 13.0 Å². The number of rotatable bonds is 2. The predicted molar refractivity (Wildman–Crippen MR) is 102 cm³/mol. The largest absolute Gasteiger partial charge is 0.334 e. The van der Waals surface area contributed by atoms with Gasteiger partial charge in [0.2, 0.25) is 0 Å². The van der Waals surface area contributed by atoms with Gasteiger partial charge in [0.1, 0.15) is 0 Å². The van der Waals surface area contributed by atoms with Gasteiger partial charge in [-0.25, -0.2) is 0 Å². The Kier molecular flexibility index (Phi) is 4.80. The van der Waals surface area contributed by atoms with Crippen LogP contribution in [0.5, 0.6) is 0 Å². The third-order valence-electron chi connectivity index (χ3n) is 5.68. The molecule has 0 aromatic heterocycles. The standard InChI is InChI=1S/C22H24ClNO/c23-21-8-4-7-19(14-21)22(25)24-12-11-18-13-17(9-10-20(18)15-24)16-5-2-1-3-6-16/h4,7-10,13-14,16H,1-3,5-6,11-12,15H2. The molecular weight excluding hydrogens is 330 g/mol. The van der Waals surface area contributed by atoms with E-state index in [1.807, 2.05) is 17.0 Å². The average Bonchev–Trinajstić information content (AvgIpc) is 2.67. The number of hydrogen-bond acceptors (Lipinski definition) is 1. The van der Waals surface area contributed by atoms with Crippen LogP contribution in [0, 0.1) is 0 Å². The van der Waals surface area contributed by atoms with Gasteiger partial charge in [0.05, 0.1) is 0 Å². The SMILES string of the molecule is O=C(c1cccc(Cl)c1)N1CCc2cc(C3CCCCC3)ccc2C1. The number of hydrogen-bond donors (Lipinski definition) is 0. The van der Waals surface area contributed by atoms with Crippen LogP contribution in [0.15, 0.2) is 42.5 Å². The third kappa shape index (κ3) is 3.59. The molecule has 0 bridgehead atoms. The first-order valence-corrected chi connectivity index (χ1v) is 9.75. The van der Waals surface area contributed by atoms with Gasteiger partial charge >= 0.3 is 0 Å². The smallest absolute Gasteiger partial charge is 0.254 e. The number of carbonyl (C=O) groups excluding carboxylic acids is 1. The molecule has 0 N–H and O–H groups in total. The van der Waals surface area contributed by atoms with Crippen molar-refractivity contribution in [2.45, 2.75) is 51.0 Å². The number of carbonyl (C=O) groups is 1. The highest BCUT2D eigenvalue weighted by molar-refractivity contribution is 6.30. The molecule has 1 fully saturated rings. The maximum atomic E-state index is 12.7. The zero-order valence-electron chi connectivity index (χ0n) is 14.5.